The van der Waals surface area contributed by atoms with E-state index in [2.05, 4.69) is 16.9 Å². The standard InChI is InChI=1S/C35H38N4O6S/c1-5-19-38-21-37-32-29(34(38)46)36-22-39(32)33-31(43-4)30(40)28(45-33)20-44-35(23-9-7-6-8-10-23,24-11-15-26(41-2)16-12-24)25-13-17-27(42-3)18-14-25/h6-18,21-22,28,30-31,33,40H,5,19-20H2,1-4H3/t28-,30-,31-,33-/m1/s1. The first-order chi connectivity index (χ1) is 22.4. The molecule has 0 radical (unpaired) electrons. The van der Waals surface area contributed by atoms with E-state index in [1.165, 1.54) is 0 Å². The van der Waals surface area contributed by atoms with Crippen molar-refractivity contribution in [3.63, 3.8) is 0 Å². The van der Waals surface area contributed by atoms with Crippen LogP contribution in [0.2, 0.25) is 0 Å². The fourth-order valence-corrected chi connectivity index (χ4v) is 6.43. The lowest BCUT2D eigenvalue weighted by molar-refractivity contribution is -0.0948. The lowest BCUT2D eigenvalue weighted by Gasteiger charge is -2.37. The van der Waals surface area contributed by atoms with Crippen molar-refractivity contribution in [2.24, 2.45) is 0 Å². The van der Waals surface area contributed by atoms with Crippen molar-refractivity contribution in [2.75, 3.05) is 27.9 Å². The predicted molar refractivity (Wildman–Crippen MR) is 176 cm³/mol. The van der Waals surface area contributed by atoms with E-state index >= 15 is 0 Å². The van der Waals surface area contributed by atoms with Crippen LogP contribution < -0.4 is 9.47 Å². The number of imidazole rings is 1. The van der Waals surface area contributed by atoms with Crippen molar-refractivity contribution in [2.45, 2.75) is 50.0 Å². The van der Waals surface area contributed by atoms with Crippen molar-refractivity contribution in [1.29, 1.82) is 0 Å². The van der Waals surface area contributed by atoms with Gasteiger partial charge in [-0.25, -0.2) is 9.97 Å². The molecule has 46 heavy (non-hydrogen) atoms. The van der Waals surface area contributed by atoms with Gasteiger partial charge >= 0.3 is 0 Å². The SMILES string of the molecule is CCCn1cnc2c(ncn2[C@@H]2O[C@H](COC(c3ccccc3)(c3ccc(OC)cc3)c3ccc(OC)cc3)[C@@H](O)[C@H]2OC)c1=S. The summed E-state index contributed by atoms with van der Waals surface area (Å²) >= 11 is 5.69. The zero-order valence-electron chi connectivity index (χ0n) is 26.3. The fourth-order valence-electron chi connectivity index (χ4n) is 6.15. The molecule has 6 rings (SSSR count). The first-order valence-electron chi connectivity index (χ1n) is 15.2. The van der Waals surface area contributed by atoms with Gasteiger partial charge < -0.3 is 33.4 Å². The van der Waals surface area contributed by atoms with Crippen LogP contribution in [0.1, 0.15) is 36.3 Å². The van der Waals surface area contributed by atoms with Crippen LogP contribution in [0, 0.1) is 4.64 Å². The van der Waals surface area contributed by atoms with Crippen LogP contribution in [0.3, 0.4) is 0 Å². The minimum Gasteiger partial charge on any atom is -0.497 e. The predicted octanol–water partition coefficient (Wildman–Crippen LogP) is 5.67. The first-order valence-corrected chi connectivity index (χ1v) is 15.6. The molecule has 2 aromatic heterocycles. The van der Waals surface area contributed by atoms with Crippen molar-refractivity contribution < 1.29 is 28.8 Å². The van der Waals surface area contributed by atoms with E-state index < -0.39 is 30.1 Å². The molecule has 3 heterocycles. The van der Waals surface area contributed by atoms with E-state index in [0.717, 1.165) is 41.2 Å². The van der Waals surface area contributed by atoms with Gasteiger partial charge in [-0.2, -0.15) is 0 Å². The Morgan fingerprint density at radius 3 is 2.02 bits per heavy atom. The minimum absolute atomic E-state index is 0.0350. The number of rotatable bonds is 12. The molecular weight excluding hydrogens is 604 g/mol. The van der Waals surface area contributed by atoms with E-state index in [0.29, 0.717) is 15.8 Å². The lowest BCUT2D eigenvalue weighted by Crippen LogP contribution is -2.40. The maximum atomic E-state index is 11.6. The molecule has 11 heteroatoms. The average molecular weight is 643 g/mol. The molecule has 1 N–H and O–H groups in total. The smallest absolute Gasteiger partial charge is 0.166 e. The third-order valence-electron chi connectivity index (χ3n) is 8.51. The molecule has 4 atom stereocenters. The fraction of sp³-hybridized carbons (Fsp3) is 0.343. The van der Waals surface area contributed by atoms with E-state index in [-0.39, 0.29) is 6.61 Å². The molecule has 0 aliphatic carbocycles. The van der Waals surface area contributed by atoms with Gasteiger partial charge in [0.05, 0.1) is 33.5 Å². The van der Waals surface area contributed by atoms with Gasteiger partial charge in [-0.3, -0.25) is 4.57 Å². The molecule has 1 saturated heterocycles. The normalized spacial score (nSPS) is 19.8. The lowest BCUT2D eigenvalue weighted by atomic mass is 9.80. The molecule has 5 aromatic rings. The first kappa shape index (κ1) is 31.8. The van der Waals surface area contributed by atoms with Crippen molar-refractivity contribution in [1.82, 2.24) is 19.1 Å². The van der Waals surface area contributed by atoms with Gasteiger partial charge in [-0.15, -0.1) is 0 Å². The van der Waals surface area contributed by atoms with Gasteiger partial charge in [0, 0.05) is 13.7 Å². The molecule has 0 saturated carbocycles. The largest absolute Gasteiger partial charge is 0.497 e. The summed E-state index contributed by atoms with van der Waals surface area (Å²) in [6, 6.07) is 25.6. The Bertz CT molecular complexity index is 1760. The third kappa shape index (κ3) is 5.69. The summed E-state index contributed by atoms with van der Waals surface area (Å²) in [6.45, 7) is 2.87. The summed E-state index contributed by atoms with van der Waals surface area (Å²) in [5.74, 6) is 1.45. The van der Waals surface area contributed by atoms with Gasteiger partial charge in [-0.05, 0) is 47.4 Å². The van der Waals surface area contributed by atoms with Crippen LogP contribution >= 0.6 is 12.2 Å². The van der Waals surface area contributed by atoms with Gasteiger partial charge in [0.15, 0.2) is 11.9 Å². The number of fused-ring (bicyclic) bond motifs is 1. The topological polar surface area (TPSA) is 102 Å². The zero-order valence-corrected chi connectivity index (χ0v) is 27.1. The molecule has 0 bridgehead atoms. The van der Waals surface area contributed by atoms with Gasteiger partial charge in [0.25, 0.3) is 0 Å². The monoisotopic (exact) mass is 642 g/mol. The molecule has 1 fully saturated rings. The van der Waals surface area contributed by atoms with E-state index in [4.69, 9.17) is 35.9 Å². The Morgan fingerprint density at radius 1 is 0.848 bits per heavy atom. The van der Waals surface area contributed by atoms with Crippen LogP contribution in [0.4, 0.5) is 0 Å². The van der Waals surface area contributed by atoms with Crippen LogP contribution in [0.15, 0.2) is 91.5 Å². The second kappa shape index (κ2) is 13.7. The summed E-state index contributed by atoms with van der Waals surface area (Å²) in [7, 11) is 4.83. The van der Waals surface area contributed by atoms with Crippen LogP contribution in [-0.2, 0) is 26.4 Å². The molecule has 1 aliphatic heterocycles. The Labute approximate surface area is 273 Å². The summed E-state index contributed by atoms with van der Waals surface area (Å²) in [5, 5.41) is 11.6. The molecule has 1 aliphatic rings. The minimum atomic E-state index is -1.07. The molecule has 0 amide bonds. The highest BCUT2D eigenvalue weighted by Crippen LogP contribution is 2.43. The number of benzene rings is 3. The average Bonchev–Trinajstić information content (AvgIpc) is 3.68. The summed E-state index contributed by atoms with van der Waals surface area (Å²) in [6.07, 6.45) is 1.10. The molecular formula is C35H38N4O6S. The highest BCUT2D eigenvalue weighted by molar-refractivity contribution is 7.71. The Hall–Kier alpha value is -4.13. The van der Waals surface area contributed by atoms with Crippen LogP contribution in [0.25, 0.3) is 11.2 Å². The van der Waals surface area contributed by atoms with Crippen molar-refractivity contribution in [3.8, 4) is 11.5 Å². The molecule has 240 valence electrons. The molecule has 3 aromatic carbocycles. The quantitative estimate of drug-likeness (QED) is 0.136. The van der Waals surface area contributed by atoms with Crippen molar-refractivity contribution in [3.05, 3.63) is 113 Å². The van der Waals surface area contributed by atoms with E-state index in [9.17, 15) is 5.11 Å². The Morgan fingerprint density at radius 2 is 1.46 bits per heavy atom. The summed E-state index contributed by atoms with van der Waals surface area (Å²) < 4.78 is 34.5. The number of aliphatic hydroxyl groups excluding tert-OH is 1. The Kier molecular flexibility index (Phi) is 9.48. The second-order valence-electron chi connectivity index (χ2n) is 11.1. The molecule has 0 spiro atoms. The number of hydrogen-bond donors (Lipinski definition) is 1. The highest BCUT2D eigenvalue weighted by Gasteiger charge is 2.48. The Balaban J connectivity index is 1.38. The van der Waals surface area contributed by atoms with Crippen molar-refractivity contribution >= 4 is 23.4 Å². The molecule has 10 nitrogen and oxygen atoms in total. The number of aromatic nitrogens is 4. The maximum absolute atomic E-state index is 11.6. The number of methoxy groups -OCH3 is 3. The van der Waals surface area contributed by atoms with Gasteiger partial charge in [-0.1, -0.05) is 73.7 Å². The third-order valence-corrected chi connectivity index (χ3v) is 8.94. The van der Waals surface area contributed by atoms with E-state index in [1.807, 2.05) is 83.4 Å². The number of hydrogen-bond acceptors (Lipinski definition) is 9. The van der Waals surface area contributed by atoms with E-state index in [1.54, 1.807) is 38.6 Å². The van der Waals surface area contributed by atoms with Crippen LogP contribution in [-0.4, -0.2) is 70.5 Å². The number of ether oxygens (including phenoxy) is 5. The zero-order chi connectivity index (χ0) is 32.3. The number of nitrogens with zero attached hydrogens (tertiary/aromatic N) is 4. The highest BCUT2D eigenvalue weighted by atomic mass is 32.1. The summed E-state index contributed by atoms with van der Waals surface area (Å²) in [4.78, 5) is 9.21. The second-order valence-corrected chi connectivity index (χ2v) is 11.5. The number of aliphatic hydroxyl groups is 1. The van der Waals surface area contributed by atoms with Gasteiger partial charge in [0.1, 0.15) is 45.6 Å². The van der Waals surface area contributed by atoms with Crippen LogP contribution in [0.5, 0.6) is 11.5 Å². The number of aryl methyl sites for hydroxylation is 1. The molecule has 0 unspecified atom stereocenters. The maximum Gasteiger partial charge on any atom is 0.166 e. The summed E-state index contributed by atoms with van der Waals surface area (Å²) in [5.41, 5.74) is 2.74. The van der Waals surface area contributed by atoms with Gasteiger partial charge in [0.2, 0.25) is 0 Å².